The molecule has 0 N–H and O–H groups in total. The fourth-order valence-corrected chi connectivity index (χ4v) is 3.13. The van der Waals surface area contributed by atoms with Crippen LogP contribution in [0.2, 0.25) is 0 Å². The molecule has 96 valence electrons. The molecule has 2 aliphatic rings. The Kier molecular flexibility index (Phi) is 2.89. The minimum atomic E-state index is -0.438. The molecule has 2 fully saturated rings. The largest absolute Gasteiger partial charge is 0.464 e. The molecular weight excluding hydrogens is 230 g/mol. The third-order valence-electron chi connectivity index (χ3n) is 4.10. The number of aromatic nitrogens is 2. The van der Waals surface area contributed by atoms with E-state index in [4.69, 9.17) is 0 Å². The molecule has 2 unspecified atom stereocenters. The molecule has 5 nitrogen and oxygen atoms in total. The molecule has 3 rings (SSSR count). The van der Waals surface area contributed by atoms with Gasteiger partial charge in [0, 0.05) is 13.1 Å². The molecule has 1 aromatic heterocycles. The molecule has 18 heavy (non-hydrogen) atoms. The molecule has 2 heterocycles. The zero-order valence-corrected chi connectivity index (χ0v) is 10.5. The highest BCUT2D eigenvalue weighted by Crippen LogP contribution is 2.38. The maximum absolute atomic E-state index is 11.3. The molecule has 1 aliphatic carbocycles. The lowest BCUT2D eigenvalue weighted by molar-refractivity contribution is 0.0592. The molecule has 0 bridgehead atoms. The van der Waals surface area contributed by atoms with Gasteiger partial charge in [0.25, 0.3) is 0 Å². The number of carbonyl (C=O) groups is 1. The van der Waals surface area contributed by atoms with Crippen molar-refractivity contribution in [3.05, 3.63) is 17.8 Å². The number of ether oxygens (including phenoxy) is 1. The summed E-state index contributed by atoms with van der Waals surface area (Å²) in [5.41, 5.74) is 0.264. The van der Waals surface area contributed by atoms with Crippen LogP contribution in [-0.4, -0.2) is 36.4 Å². The Morgan fingerprint density at radius 3 is 2.56 bits per heavy atom. The molecule has 2 atom stereocenters. The van der Waals surface area contributed by atoms with E-state index in [1.54, 1.807) is 6.07 Å². The Balaban J connectivity index is 1.72. The van der Waals surface area contributed by atoms with Gasteiger partial charge in [-0.3, -0.25) is 0 Å². The SMILES string of the molecule is COC(=O)c1ccc(N2CC3CCCC3C2)nn1. The molecular formula is C13H17N3O2. The van der Waals surface area contributed by atoms with Crippen LogP contribution in [0.1, 0.15) is 29.8 Å². The van der Waals surface area contributed by atoms with Crippen molar-refractivity contribution < 1.29 is 9.53 Å². The Labute approximate surface area is 106 Å². The van der Waals surface area contributed by atoms with Crippen LogP contribution in [0.3, 0.4) is 0 Å². The zero-order valence-electron chi connectivity index (χ0n) is 10.5. The molecule has 0 spiro atoms. The van der Waals surface area contributed by atoms with E-state index in [-0.39, 0.29) is 5.69 Å². The number of nitrogens with zero attached hydrogens (tertiary/aromatic N) is 3. The number of anilines is 1. The molecule has 0 amide bonds. The maximum Gasteiger partial charge on any atom is 0.358 e. The first-order chi connectivity index (χ1) is 8.78. The number of methoxy groups -OCH3 is 1. The van der Waals surface area contributed by atoms with Crippen molar-refractivity contribution in [2.45, 2.75) is 19.3 Å². The topological polar surface area (TPSA) is 55.3 Å². The van der Waals surface area contributed by atoms with Crippen LogP contribution >= 0.6 is 0 Å². The fraction of sp³-hybridized carbons (Fsp3) is 0.615. The summed E-state index contributed by atoms with van der Waals surface area (Å²) in [7, 11) is 1.35. The highest BCUT2D eigenvalue weighted by molar-refractivity contribution is 5.86. The number of hydrogen-bond donors (Lipinski definition) is 0. The first kappa shape index (κ1) is 11.4. The highest BCUT2D eigenvalue weighted by atomic mass is 16.5. The first-order valence-electron chi connectivity index (χ1n) is 6.45. The van der Waals surface area contributed by atoms with E-state index in [0.717, 1.165) is 30.7 Å². The Morgan fingerprint density at radius 1 is 1.28 bits per heavy atom. The van der Waals surface area contributed by atoms with E-state index in [2.05, 4.69) is 19.8 Å². The predicted molar refractivity (Wildman–Crippen MR) is 66.4 cm³/mol. The summed E-state index contributed by atoms with van der Waals surface area (Å²) in [6, 6.07) is 3.54. The third-order valence-corrected chi connectivity index (χ3v) is 4.10. The highest BCUT2D eigenvalue weighted by Gasteiger charge is 2.36. The summed E-state index contributed by atoms with van der Waals surface area (Å²) >= 11 is 0. The molecule has 0 aromatic carbocycles. The molecule has 1 aromatic rings. The normalized spacial score (nSPS) is 26.2. The summed E-state index contributed by atoms with van der Waals surface area (Å²) in [6.07, 6.45) is 4.06. The lowest BCUT2D eigenvalue weighted by Gasteiger charge is -2.17. The summed E-state index contributed by atoms with van der Waals surface area (Å²) in [4.78, 5) is 13.5. The lowest BCUT2D eigenvalue weighted by atomic mass is 10.0. The van der Waals surface area contributed by atoms with E-state index < -0.39 is 5.97 Å². The molecule has 1 saturated carbocycles. The van der Waals surface area contributed by atoms with Crippen molar-refractivity contribution in [2.75, 3.05) is 25.1 Å². The van der Waals surface area contributed by atoms with Crippen LogP contribution in [0.5, 0.6) is 0 Å². The Hall–Kier alpha value is -1.65. The summed E-state index contributed by atoms with van der Waals surface area (Å²) < 4.78 is 4.61. The van der Waals surface area contributed by atoms with Gasteiger partial charge < -0.3 is 9.64 Å². The predicted octanol–water partition coefficient (Wildman–Crippen LogP) is 1.50. The van der Waals surface area contributed by atoms with E-state index in [1.807, 2.05) is 6.07 Å². The summed E-state index contributed by atoms with van der Waals surface area (Å²) in [5, 5.41) is 8.05. The van der Waals surface area contributed by atoms with Crippen LogP contribution in [0.25, 0.3) is 0 Å². The van der Waals surface area contributed by atoms with Crippen molar-refractivity contribution in [2.24, 2.45) is 11.8 Å². The van der Waals surface area contributed by atoms with Gasteiger partial charge in [-0.1, -0.05) is 6.42 Å². The van der Waals surface area contributed by atoms with Crippen LogP contribution in [-0.2, 0) is 4.74 Å². The van der Waals surface area contributed by atoms with Gasteiger partial charge in [-0.15, -0.1) is 10.2 Å². The van der Waals surface area contributed by atoms with Gasteiger partial charge >= 0.3 is 5.97 Å². The average molecular weight is 247 g/mol. The monoisotopic (exact) mass is 247 g/mol. The van der Waals surface area contributed by atoms with Crippen molar-refractivity contribution in [1.82, 2.24) is 10.2 Å². The number of rotatable bonds is 2. The minimum absolute atomic E-state index is 0.264. The van der Waals surface area contributed by atoms with Gasteiger partial charge in [0.2, 0.25) is 0 Å². The Bertz CT molecular complexity index is 434. The summed E-state index contributed by atoms with van der Waals surface area (Å²) in [5.74, 6) is 2.09. The van der Waals surface area contributed by atoms with Crippen LogP contribution in [0, 0.1) is 11.8 Å². The molecule has 0 radical (unpaired) electrons. The standard InChI is InChI=1S/C13H17N3O2/c1-18-13(17)11-5-6-12(15-14-11)16-7-9-3-2-4-10(9)8-16/h5-6,9-10H,2-4,7-8H2,1H3. The second-order valence-electron chi connectivity index (χ2n) is 5.12. The van der Waals surface area contributed by atoms with E-state index in [1.165, 1.54) is 26.4 Å². The molecule has 5 heteroatoms. The van der Waals surface area contributed by atoms with Gasteiger partial charge in [-0.05, 0) is 36.8 Å². The van der Waals surface area contributed by atoms with Crippen molar-refractivity contribution in [3.8, 4) is 0 Å². The van der Waals surface area contributed by atoms with Crippen molar-refractivity contribution >= 4 is 11.8 Å². The zero-order chi connectivity index (χ0) is 12.5. The lowest BCUT2D eigenvalue weighted by Crippen LogP contribution is -2.22. The van der Waals surface area contributed by atoms with Crippen LogP contribution in [0.15, 0.2) is 12.1 Å². The van der Waals surface area contributed by atoms with Crippen LogP contribution in [0.4, 0.5) is 5.82 Å². The van der Waals surface area contributed by atoms with Gasteiger partial charge in [-0.2, -0.15) is 0 Å². The van der Waals surface area contributed by atoms with Gasteiger partial charge in [0.1, 0.15) is 0 Å². The van der Waals surface area contributed by atoms with Gasteiger partial charge in [0.15, 0.2) is 11.5 Å². The van der Waals surface area contributed by atoms with Gasteiger partial charge in [0.05, 0.1) is 7.11 Å². The molecule has 1 aliphatic heterocycles. The second-order valence-corrected chi connectivity index (χ2v) is 5.12. The van der Waals surface area contributed by atoms with Crippen LogP contribution < -0.4 is 4.90 Å². The fourth-order valence-electron chi connectivity index (χ4n) is 3.13. The minimum Gasteiger partial charge on any atom is -0.464 e. The van der Waals surface area contributed by atoms with E-state index >= 15 is 0 Å². The first-order valence-corrected chi connectivity index (χ1v) is 6.45. The molecule has 1 saturated heterocycles. The number of hydrogen-bond acceptors (Lipinski definition) is 5. The maximum atomic E-state index is 11.3. The van der Waals surface area contributed by atoms with E-state index in [9.17, 15) is 4.79 Å². The smallest absolute Gasteiger partial charge is 0.358 e. The van der Waals surface area contributed by atoms with Gasteiger partial charge in [-0.25, -0.2) is 4.79 Å². The number of carbonyl (C=O) groups excluding carboxylic acids is 1. The third kappa shape index (κ3) is 1.94. The second kappa shape index (κ2) is 4.55. The Morgan fingerprint density at radius 2 is 2.00 bits per heavy atom. The number of fused-ring (bicyclic) bond motifs is 1. The van der Waals surface area contributed by atoms with E-state index in [0.29, 0.717) is 0 Å². The average Bonchev–Trinajstić information content (AvgIpc) is 2.99. The van der Waals surface area contributed by atoms with Crippen molar-refractivity contribution in [1.29, 1.82) is 0 Å². The number of esters is 1. The quantitative estimate of drug-likeness (QED) is 0.741. The van der Waals surface area contributed by atoms with Crippen molar-refractivity contribution in [3.63, 3.8) is 0 Å². The summed E-state index contributed by atoms with van der Waals surface area (Å²) in [6.45, 7) is 2.16.